The predicted octanol–water partition coefficient (Wildman–Crippen LogP) is 3.37. The minimum atomic E-state index is -1.08. The molecule has 0 amide bonds. The first-order chi connectivity index (χ1) is 14.5. The van der Waals surface area contributed by atoms with E-state index in [1.54, 1.807) is 0 Å². The first-order valence-corrected chi connectivity index (χ1v) is 12.3. The number of aliphatic carboxylic acids is 1. The van der Waals surface area contributed by atoms with Gasteiger partial charge in [0, 0.05) is 19.0 Å². The molecule has 0 rings (SSSR count). The van der Waals surface area contributed by atoms with Crippen molar-refractivity contribution >= 4 is 5.97 Å². The molecule has 30 heavy (non-hydrogen) atoms. The van der Waals surface area contributed by atoms with Gasteiger partial charge in [0.2, 0.25) is 0 Å². The van der Waals surface area contributed by atoms with Crippen LogP contribution in [-0.2, 0) is 4.79 Å². The van der Waals surface area contributed by atoms with E-state index in [4.69, 9.17) is 15.0 Å². The van der Waals surface area contributed by atoms with E-state index in [0.717, 1.165) is 26.4 Å². The summed E-state index contributed by atoms with van der Waals surface area (Å²) in [5, 5.41) is 36.9. The molecule has 0 saturated heterocycles. The highest BCUT2D eigenvalue weighted by Crippen LogP contribution is 2.15. The Morgan fingerprint density at radius 1 is 0.633 bits per heavy atom. The van der Waals surface area contributed by atoms with Gasteiger partial charge in [0.15, 0.2) is 6.73 Å². The molecule has 6 heteroatoms. The van der Waals surface area contributed by atoms with Gasteiger partial charge < -0.3 is 25.2 Å². The molecule has 0 bridgehead atoms. The summed E-state index contributed by atoms with van der Waals surface area (Å²) in [4.78, 5) is 8.89. The van der Waals surface area contributed by atoms with Gasteiger partial charge in [0.25, 0.3) is 0 Å². The molecule has 0 aromatic heterocycles. The molecule has 0 saturated carbocycles. The highest BCUT2D eigenvalue weighted by atomic mass is 16.4. The summed E-state index contributed by atoms with van der Waals surface area (Å²) in [6, 6.07) is 0. The second kappa shape index (κ2) is 24.6. The van der Waals surface area contributed by atoms with Crippen molar-refractivity contribution in [3.05, 3.63) is 0 Å². The molecule has 0 spiro atoms. The molecule has 0 aromatic carbocycles. The largest absolute Gasteiger partial charge is 0.550 e. The SMILES string of the molecule is CC(=O)[O-].CCCCCCCCCCCCCCCC[N+](CO)(CCO)CCCO. The average molecular weight is 434 g/mol. The zero-order chi connectivity index (χ0) is 22.9. The Hall–Kier alpha value is -0.690. The highest BCUT2D eigenvalue weighted by Gasteiger charge is 2.24. The maximum Gasteiger partial charge on any atom is 0.180 e. The fraction of sp³-hybridized carbons (Fsp3) is 0.958. The number of quaternary nitrogens is 1. The van der Waals surface area contributed by atoms with E-state index in [0.29, 0.717) is 17.4 Å². The van der Waals surface area contributed by atoms with Gasteiger partial charge in [-0.15, -0.1) is 0 Å². The van der Waals surface area contributed by atoms with Crippen LogP contribution in [0, 0.1) is 0 Å². The van der Waals surface area contributed by atoms with Crippen molar-refractivity contribution in [1.82, 2.24) is 0 Å². The molecule has 3 N–H and O–H groups in total. The normalized spacial score (nSPS) is 12.8. The minimum absolute atomic E-state index is 0.0685. The number of aliphatic hydroxyl groups is 3. The van der Waals surface area contributed by atoms with Crippen molar-refractivity contribution in [2.75, 3.05) is 39.6 Å². The van der Waals surface area contributed by atoms with E-state index >= 15 is 0 Å². The zero-order valence-electron chi connectivity index (χ0n) is 20.0. The van der Waals surface area contributed by atoms with E-state index < -0.39 is 5.97 Å². The molecular formula is C24H51NO5. The number of hydrogen-bond donors (Lipinski definition) is 3. The summed E-state index contributed by atoms with van der Waals surface area (Å²) in [6.45, 7) is 5.83. The van der Waals surface area contributed by atoms with Gasteiger partial charge in [0.05, 0.1) is 19.7 Å². The zero-order valence-corrected chi connectivity index (χ0v) is 20.0. The smallest absolute Gasteiger partial charge is 0.180 e. The third-order valence-corrected chi connectivity index (χ3v) is 5.65. The third kappa shape index (κ3) is 23.6. The van der Waals surface area contributed by atoms with Crippen LogP contribution in [0.15, 0.2) is 0 Å². The number of carboxylic acid groups (broad SMARTS) is 1. The Morgan fingerprint density at radius 3 is 1.33 bits per heavy atom. The summed E-state index contributed by atoms with van der Waals surface area (Å²) in [5.41, 5.74) is 0. The van der Waals surface area contributed by atoms with Crippen molar-refractivity contribution < 1.29 is 29.7 Å². The Bertz CT molecular complexity index is 350. The average Bonchev–Trinajstić information content (AvgIpc) is 2.71. The lowest BCUT2D eigenvalue weighted by Crippen LogP contribution is -2.52. The van der Waals surface area contributed by atoms with Gasteiger partial charge in [0.1, 0.15) is 6.54 Å². The molecule has 1 unspecified atom stereocenters. The molecule has 0 aliphatic heterocycles. The number of carboxylic acids is 1. The Labute approximate surface area is 185 Å². The molecule has 0 fully saturated rings. The lowest BCUT2D eigenvalue weighted by Gasteiger charge is -2.36. The summed E-state index contributed by atoms with van der Waals surface area (Å²) in [6.07, 6.45) is 19.6. The molecule has 0 radical (unpaired) electrons. The van der Waals surface area contributed by atoms with Crippen LogP contribution < -0.4 is 5.11 Å². The molecular weight excluding hydrogens is 382 g/mol. The maximum absolute atomic E-state index is 9.72. The quantitative estimate of drug-likeness (QED) is 0.146. The van der Waals surface area contributed by atoms with Crippen LogP contribution in [0.3, 0.4) is 0 Å². The molecule has 6 nitrogen and oxygen atoms in total. The second-order valence-corrected chi connectivity index (χ2v) is 8.54. The van der Waals surface area contributed by atoms with Crippen LogP contribution in [0.1, 0.15) is 110 Å². The lowest BCUT2D eigenvalue weighted by atomic mass is 10.0. The molecule has 0 aromatic rings. The number of rotatable bonds is 21. The number of nitrogens with zero attached hydrogens (tertiary/aromatic N) is 1. The van der Waals surface area contributed by atoms with E-state index in [1.165, 1.54) is 83.5 Å². The van der Waals surface area contributed by atoms with E-state index in [2.05, 4.69) is 6.92 Å². The van der Waals surface area contributed by atoms with Crippen LogP contribution in [0.5, 0.6) is 0 Å². The lowest BCUT2D eigenvalue weighted by molar-refractivity contribution is -0.945. The summed E-state index contributed by atoms with van der Waals surface area (Å²) in [5.74, 6) is -1.08. The van der Waals surface area contributed by atoms with Crippen molar-refractivity contribution in [3.63, 3.8) is 0 Å². The molecule has 182 valence electrons. The number of aliphatic hydroxyl groups excluding tert-OH is 3. The van der Waals surface area contributed by atoms with Crippen LogP contribution in [0.4, 0.5) is 0 Å². The summed E-state index contributed by atoms with van der Waals surface area (Å²) >= 11 is 0. The van der Waals surface area contributed by atoms with Crippen molar-refractivity contribution in [2.45, 2.75) is 110 Å². The fourth-order valence-corrected chi connectivity index (χ4v) is 3.81. The van der Waals surface area contributed by atoms with Gasteiger partial charge >= 0.3 is 0 Å². The monoisotopic (exact) mass is 433 g/mol. The molecule has 0 heterocycles. The van der Waals surface area contributed by atoms with Gasteiger partial charge in [-0.25, -0.2) is 0 Å². The Kier molecular flexibility index (Phi) is 25.8. The number of carbonyl (C=O) groups excluding carboxylic acids is 1. The van der Waals surface area contributed by atoms with Crippen LogP contribution in [0.25, 0.3) is 0 Å². The first kappa shape index (κ1) is 31.5. The fourth-order valence-electron chi connectivity index (χ4n) is 3.81. The van der Waals surface area contributed by atoms with Gasteiger partial charge in [-0.3, -0.25) is 4.48 Å². The number of carbonyl (C=O) groups is 1. The minimum Gasteiger partial charge on any atom is -0.550 e. The van der Waals surface area contributed by atoms with E-state index in [9.17, 15) is 10.2 Å². The van der Waals surface area contributed by atoms with Crippen molar-refractivity contribution in [1.29, 1.82) is 0 Å². The number of hydrogen-bond acceptors (Lipinski definition) is 5. The third-order valence-electron chi connectivity index (χ3n) is 5.65. The molecule has 0 aliphatic carbocycles. The molecule has 0 aliphatic rings. The first-order valence-electron chi connectivity index (χ1n) is 12.3. The van der Waals surface area contributed by atoms with Crippen LogP contribution in [0.2, 0.25) is 0 Å². The van der Waals surface area contributed by atoms with Gasteiger partial charge in [-0.2, -0.15) is 0 Å². The van der Waals surface area contributed by atoms with Crippen LogP contribution >= 0.6 is 0 Å². The maximum atomic E-state index is 9.72. The van der Waals surface area contributed by atoms with Gasteiger partial charge in [-0.1, -0.05) is 84.0 Å². The Morgan fingerprint density at radius 2 is 1.00 bits per heavy atom. The van der Waals surface area contributed by atoms with E-state index in [1.807, 2.05) is 0 Å². The Balaban J connectivity index is 0. The summed E-state index contributed by atoms with van der Waals surface area (Å²) < 4.78 is 0.537. The second-order valence-electron chi connectivity index (χ2n) is 8.54. The number of unbranched alkanes of at least 4 members (excludes halogenated alkanes) is 13. The van der Waals surface area contributed by atoms with Crippen molar-refractivity contribution in [2.24, 2.45) is 0 Å². The predicted molar refractivity (Wildman–Crippen MR) is 122 cm³/mol. The summed E-state index contributed by atoms with van der Waals surface area (Å²) in [7, 11) is 0. The standard InChI is InChI=1S/C22H48NO3.C2H4O2/c1-2-3-4-5-6-7-8-9-10-11-12-13-14-15-17-23(22-26,19-21-25)18-16-20-24;1-2(3)4/h24-26H,2-22H2,1H3;1H3,(H,3,4)/q+1;/p-1. The van der Waals surface area contributed by atoms with Gasteiger partial charge in [-0.05, 0) is 19.8 Å². The molecule has 1 atom stereocenters. The van der Waals surface area contributed by atoms with Crippen molar-refractivity contribution in [3.8, 4) is 0 Å². The van der Waals surface area contributed by atoms with E-state index in [-0.39, 0.29) is 19.9 Å². The topological polar surface area (TPSA) is 101 Å². The highest BCUT2D eigenvalue weighted by molar-refractivity contribution is 5.60. The van der Waals surface area contributed by atoms with Crippen LogP contribution in [-0.4, -0.2) is 65.4 Å².